The number of hydrogen-bond acceptors (Lipinski definition) is 1. The van der Waals surface area contributed by atoms with Crippen LogP contribution in [0.25, 0.3) is 0 Å². The Morgan fingerprint density at radius 3 is 2.71 bits per heavy atom. The molecule has 0 spiro atoms. The summed E-state index contributed by atoms with van der Waals surface area (Å²) in [4.78, 5) is 0. The average Bonchev–Trinajstić information content (AvgIpc) is 2.82. The highest BCUT2D eigenvalue weighted by Crippen LogP contribution is 2.25. The summed E-state index contributed by atoms with van der Waals surface area (Å²) in [5.74, 6) is 0.770. The minimum atomic E-state index is 0.481. The molecule has 1 aliphatic rings. The van der Waals surface area contributed by atoms with Gasteiger partial charge in [0.15, 0.2) is 0 Å². The van der Waals surface area contributed by atoms with Crippen molar-refractivity contribution in [1.82, 2.24) is 5.32 Å². The molecule has 2 atom stereocenters. The van der Waals surface area contributed by atoms with Crippen molar-refractivity contribution in [2.75, 3.05) is 6.54 Å². The van der Waals surface area contributed by atoms with Gasteiger partial charge in [0.1, 0.15) is 0 Å². The summed E-state index contributed by atoms with van der Waals surface area (Å²) in [6.07, 6.45) is 5.16. The molecule has 0 saturated carbocycles. The molecule has 0 heterocycles. The summed E-state index contributed by atoms with van der Waals surface area (Å²) in [6.45, 7) is 7.96. The number of rotatable bonds is 5. The van der Waals surface area contributed by atoms with Crippen molar-refractivity contribution < 1.29 is 0 Å². The Morgan fingerprint density at radius 1 is 1.18 bits per heavy atom. The molecular formula is C16H25N. The molecule has 1 aromatic rings. The minimum absolute atomic E-state index is 0.481. The van der Waals surface area contributed by atoms with E-state index in [1.54, 1.807) is 11.1 Å². The van der Waals surface area contributed by atoms with Gasteiger partial charge in [-0.2, -0.15) is 0 Å². The zero-order valence-electron chi connectivity index (χ0n) is 11.4. The molecule has 1 N–H and O–H groups in total. The lowest BCUT2D eigenvalue weighted by molar-refractivity contribution is 0.461. The quantitative estimate of drug-likeness (QED) is 0.811. The van der Waals surface area contributed by atoms with E-state index in [9.17, 15) is 0 Å². The van der Waals surface area contributed by atoms with E-state index in [-0.39, 0.29) is 0 Å². The highest BCUT2D eigenvalue weighted by Gasteiger charge is 2.13. The highest BCUT2D eigenvalue weighted by molar-refractivity contribution is 5.36. The van der Waals surface area contributed by atoms with E-state index >= 15 is 0 Å². The van der Waals surface area contributed by atoms with Crippen molar-refractivity contribution in [1.29, 1.82) is 0 Å². The number of fused-ring (bicyclic) bond motifs is 1. The molecule has 94 valence electrons. The fourth-order valence-electron chi connectivity index (χ4n) is 2.50. The van der Waals surface area contributed by atoms with Crippen LogP contribution < -0.4 is 5.32 Å². The van der Waals surface area contributed by atoms with Gasteiger partial charge < -0.3 is 5.32 Å². The van der Waals surface area contributed by atoms with Crippen molar-refractivity contribution >= 4 is 0 Å². The summed E-state index contributed by atoms with van der Waals surface area (Å²) in [5, 5.41) is 3.64. The van der Waals surface area contributed by atoms with Gasteiger partial charge in [-0.05, 0) is 55.3 Å². The molecule has 0 bridgehead atoms. The fraction of sp³-hybridized carbons (Fsp3) is 0.625. The molecular weight excluding hydrogens is 206 g/mol. The lowest BCUT2D eigenvalue weighted by Crippen LogP contribution is -2.24. The third kappa shape index (κ3) is 3.10. The molecule has 0 aliphatic heterocycles. The van der Waals surface area contributed by atoms with Crippen LogP contribution in [-0.4, -0.2) is 6.54 Å². The first kappa shape index (κ1) is 12.6. The van der Waals surface area contributed by atoms with Crippen LogP contribution in [0.5, 0.6) is 0 Å². The molecule has 0 saturated heterocycles. The van der Waals surface area contributed by atoms with E-state index in [2.05, 4.69) is 44.3 Å². The standard InChI is InChI=1S/C16H25N/c1-4-12(2)11-17-13(3)15-9-8-14-6-5-7-16(14)10-15/h8-10,12-13,17H,4-7,11H2,1-3H3. The van der Waals surface area contributed by atoms with E-state index in [1.807, 2.05) is 0 Å². The second kappa shape index (κ2) is 5.68. The predicted molar refractivity (Wildman–Crippen MR) is 74.3 cm³/mol. The molecule has 1 heteroatoms. The van der Waals surface area contributed by atoms with Gasteiger partial charge >= 0.3 is 0 Å². The molecule has 2 unspecified atom stereocenters. The molecule has 17 heavy (non-hydrogen) atoms. The Morgan fingerprint density at radius 2 is 1.94 bits per heavy atom. The summed E-state index contributed by atoms with van der Waals surface area (Å²) in [7, 11) is 0. The lowest BCUT2D eigenvalue weighted by atomic mass is 10.0. The van der Waals surface area contributed by atoms with Gasteiger partial charge in [0, 0.05) is 6.04 Å². The average molecular weight is 231 g/mol. The molecule has 0 aromatic heterocycles. The van der Waals surface area contributed by atoms with Crippen LogP contribution >= 0.6 is 0 Å². The molecule has 0 amide bonds. The first-order valence-corrected chi connectivity index (χ1v) is 7.05. The largest absolute Gasteiger partial charge is 0.310 e. The molecule has 1 aromatic carbocycles. The molecule has 0 fully saturated rings. The van der Waals surface area contributed by atoms with Gasteiger partial charge in [0.2, 0.25) is 0 Å². The third-order valence-corrected chi connectivity index (χ3v) is 4.09. The second-order valence-corrected chi connectivity index (χ2v) is 5.53. The van der Waals surface area contributed by atoms with E-state index in [0.717, 1.165) is 12.5 Å². The van der Waals surface area contributed by atoms with Crippen molar-refractivity contribution in [3.63, 3.8) is 0 Å². The van der Waals surface area contributed by atoms with E-state index in [1.165, 1.54) is 31.2 Å². The Bertz CT molecular complexity index is 370. The van der Waals surface area contributed by atoms with Crippen LogP contribution in [0.3, 0.4) is 0 Å². The Balaban J connectivity index is 1.97. The number of nitrogens with one attached hydrogen (secondary N) is 1. The van der Waals surface area contributed by atoms with Crippen LogP contribution in [0.15, 0.2) is 18.2 Å². The van der Waals surface area contributed by atoms with Crippen molar-refractivity contribution in [3.8, 4) is 0 Å². The molecule has 1 nitrogen and oxygen atoms in total. The van der Waals surface area contributed by atoms with Crippen molar-refractivity contribution in [2.24, 2.45) is 5.92 Å². The Labute approximate surface area is 106 Å². The summed E-state index contributed by atoms with van der Waals surface area (Å²) < 4.78 is 0. The normalized spacial score (nSPS) is 17.8. The first-order valence-electron chi connectivity index (χ1n) is 7.05. The fourth-order valence-corrected chi connectivity index (χ4v) is 2.50. The summed E-state index contributed by atoms with van der Waals surface area (Å²) >= 11 is 0. The zero-order valence-corrected chi connectivity index (χ0v) is 11.4. The highest BCUT2D eigenvalue weighted by atomic mass is 14.9. The Kier molecular flexibility index (Phi) is 4.22. The molecule has 1 aliphatic carbocycles. The summed E-state index contributed by atoms with van der Waals surface area (Å²) in [5.41, 5.74) is 4.61. The third-order valence-electron chi connectivity index (χ3n) is 4.09. The van der Waals surface area contributed by atoms with Crippen LogP contribution in [0.2, 0.25) is 0 Å². The van der Waals surface area contributed by atoms with Crippen LogP contribution in [-0.2, 0) is 12.8 Å². The Hall–Kier alpha value is -0.820. The monoisotopic (exact) mass is 231 g/mol. The maximum Gasteiger partial charge on any atom is 0.0292 e. The lowest BCUT2D eigenvalue weighted by Gasteiger charge is -2.18. The van der Waals surface area contributed by atoms with E-state index in [0.29, 0.717) is 6.04 Å². The van der Waals surface area contributed by atoms with Gasteiger partial charge in [0.25, 0.3) is 0 Å². The van der Waals surface area contributed by atoms with Crippen LogP contribution in [0, 0.1) is 5.92 Å². The van der Waals surface area contributed by atoms with Gasteiger partial charge in [-0.3, -0.25) is 0 Å². The number of benzene rings is 1. The zero-order chi connectivity index (χ0) is 12.3. The van der Waals surface area contributed by atoms with Crippen molar-refractivity contribution in [3.05, 3.63) is 34.9 Å². The van der Waals surface area contributed by atoms with Gasteiger partial charge in [-0.25, -0.2) is 0 Å². The smallest absolute Gasteiger partial charge is 0.0292 e. The number of aryl methyl sites for hydroxylation is 2. The molecule has 2 rings (SSSR count). The topological polar surface area (TPSA) is 12.0 Å². The predicted octanol–water partition coefficient (Wildman–Crippen LogP) is 3.87. The molecule has 0 radical (unpaired) electrons. The van der Waals surface area contributed by atoms with E-state index < -0.39 is 0 Å². The summed E-state index contributed by atoms with van der Waals surface area (Å²) in [6, 6.07) is 7.53. The number of hydrogen-bond donors (Lipinski definition) is 1. The van der Waals surface area contributed by atoms with Crippen LogP contribution in [0.4, 0.5) is 0 Å². The van der Waals surface area contributed by atoms with Gasteiger partial charge in [-0.15, -0.1) is 0 Å². The SMILES string of the molecule is CCC(C)CNC(C)c1ccc2c(c1)CCC2. The maximum absolute atomic E-state index is 3.64. The minimum Gasteiger partial charge on any atom is -0.310 e. The van der Waals surface area contributed by atoms with Crippen molar-refractivity contribution in [2.45, 2.75) is 52.5 Å². The maximum atomic E-state index is 3.64. The van der Waals surface area contributed by atoms with Crippen LogP contribution in [0.1, 0.15) is 56.3 Å². The van der Waals surface area contributed by atoms with Gasteiger partial charge in [-0.1, -0.05) is 38.5 Å². The first-order chi connectivity index (χ1) is 8.20. The van der Waals surface area contributed by atoms with E-state index in [4.69, 9.17) is 0 Å². The second-order valence-electron chi connectivity index (χ2n) is 5.53. The van der Waals surface area contributed by atoms with Gasteiger partial charge in [0.05, 0.1) is 0 Å².